The second-order valence-electron chi connectivity index (χ2n) is 4.97. The van der Waals surface area contributed by atoms with Crippen molar-refractivity contribution in [1.82, 2.24) is 10.2 Å². The highest BCUT2D eigenvalue weighted by molar-refractivity contribution is 7.09. The molecule has 0 spiro atoms. The number of hydrogen-bond acceptors (Lipinski definition) is 3. The number of thiophene rings is 1. The largest absolute Gasteiger partial charge is 0.496 e. The predicted octanol–water partition coefficient (Wildman–Crippen LogP) is 3.01. The zero-order valence-corrected chi connectivity index (χ0v) is 14.2. The Morgan fingerprint density at radius 1 is 1.27 bits per heavy atom. The molecular formula is C17H23N3OS. The molecular weight excluding hydrogens is 294 g/mol. The van der Waals surface area contributed by atoms with E-state index in [1.807, 2.05) is 32.3 Å². The van der Waals surface area contributed by atoms with Gasteiger partial charge in [-0.2, -0.15) is 0 Å². The van der Waals surface area contributed by atoms with Crippen molar-refractivity contribution in [1.29, 1.82) is 0 Å². The minimum absolute atomic E-state index is 0.753. The van der Waals surface area contributed by atoms with Gasteiger partial charge in [-0.15, -0.1) is 11.3 Å². The van der Waals surface area contributed by atoms with E-state index in [-0.39, 0.29) is 0 Å². The van der Waals surface area contributed by atoms with E-state index in [0.717, 1.165) is 36.8 Å². The second-order valence-corrected chi connectivity index (χ2v) is 6.00. The highest BCUT2D eigenvalue weighted by atomic mass is 32.1. The fourth-order valence-electron chi connectivity index (χ4n) is 2.30. The zero-order chi connectivity index (χ0) is 15.8. The lowest BCUT2D eigenvalue weighted by molar-refractivity contribution is 0.396. The van der Waals surface area contributed by atoms with E-state index in [1.165, 1.54) is 4.88 Å². The Kier molecular flexibility index (Phi) is 6.27. The van der Waals surface area contributed by atoms with E-state index >= 15 is 0 Å². The van der Waals surface area contributed by atoms with Crippen LogP contribution in [-0.2, 0) is 13.0 Å². The molecule has 0 fully saturated rings. The molecule has 1 N–H and O–H groups in total. The van der Waals surface area contributed by atoms with Crippen molar-refractivity contribution < 1.29 is 4.74 Å². The third kappa shape index (κ3) is 4.49. The first-order valence-corrected chi connectivity index (χ1v) is 8.18. The highest BCUT2D eigenvalue weighted by Crippen LogP contribution is 2.18. The molecule has 0 aliphatic carbocycles. The molecule has 0 radical (unpaired) electrons. The number of rotatable bonds is 6. The molecule has 0 atom stereocenters. The van der Waals surface area contributed by atoms with Crippen molar-refractivity contribution in [3.05, 3.63) is 52.2 Å². The number of hydrogen-bond donors (Lipinski definition) is 1. The van der Waals surface area contributed by atoms with Crippen LogP contribution in [-0.4, -0.2) is 38.6 Å². The number of methoxy groups -OCH3 is 1. The minimum Gasteiger partial charge on any atom is -0.496 e. The summed E-state index contributed by atoms with van der Waals surface area (Å²) in [6, 6.07) is 12.3. The van der Waals surface area contributed by atoms with Gasteiger partial charge < -0.3 is 15.0 Å². The van der Waals surface area contributed by atoms with Crippen LogP contribution < -0.4 is 10.1 Å². The van der Waals surface area contributed by atoms with Crippen LogP contribution in [0.3, 0.4) is 0 Å². The van der Waals surface area contributed by atoms with Crippen molar-refractivity contribution in [2.24, 2.45) is 4.99 Å². The number of nitrogens with zero attached hydrogens (tertiary/aromatic N) is 2. The summed E-state index contributed by atoms with van der Waals surface area (Å²) in [7, 11) is 5.55. The lowest BCUT2D eigenvalue weighted by Gasteiger charge is -2.23. The van der Waals surface area contributed by atoms with Gasteiger partial charge in [0.15, 0.2) is 5.96 Å². The first kappa shape index (κ1) is 16.4. The molecule has 1 heterocycles. The van der Waals surface area contributed by atoms with E-state index in [2.05, 4.69) is 38.8 Å². The zero-order valence-electron chi connectivity index (χ0n) is 13.4. The Bertz CT molecular complexity index is 596. The molecule has 0 saturated heterocycles. The van der Waals surface area contributed by atoms with Gasteiger partial charge in [-0.1, -0.05) is 24.3 Å². The monoisotopic (exact) mass is 317 g/mol. The molecule has 2 rings (SSSR count). The van der Waals surface area contributed by atoms with Gasteiger partial charge in [0.2, 0.25) is 0 Å². The topological polar surface area (TPSA) is 36.9 Å². The summed E-state index contributed by atoms with van der Waals surface area (Å²) in [4.78, 5) is 7.84. The molecule has 1 aromatic heterocycles. The maximum Gasteiger partial charge on any atom is 0.193 e. The molecule has 0 aliphatic rings. The van der Waals surface area contributed by atoms with E-state index < -0.39 is 0 Å². The van der Waals surface area contributed by atoms with Crippen LogP contribution in [0.15, 0.2) is 46.8 Å². The average Bonchev–Trinajstić information content (AvgIpc) is 3.05. The fraction of sp³-hybridized carbons (Fsp3) is 0.353. The number of benzene rings is 1. The summed E-state index contributed by atoms with van der Waals surface area (Å²) in [6.07, 6.45) is 1.01. The highest BCUT2D eigenvalue weighted by Gasteiger charge is 2.09. The predicted molar refractivity (Wildman–Crippen MR) is 93.8 cm³/mol. The van der Waals surface area contributed by atoms with Gasteiger partial charge in [-0.3, -0.25) is 4.99 Å². The Balaban J connectivity index is 1.90. The van der Waals surface area contributed by atoms with Crippen LogP contribution >= 0.6 is 11.3 Å². The van der Waals surface area contributed by atoms with Crippen LogP contribution in [0.1, 0.15) is 10.4 Å². The number of para-hydroxylation sites is 1. The smallest absolute Gasteiger partial charge is 0.193 e. The SMILES string of the molecule is CN=C(NCCc1cccs1)N(C)Cc1ccccc1OC. The Labute approximate surface area is 136 Å². The molecule has 22 heavy (non-hydrogen) atoms. The van der Waals surface area contributed by atoms with Crippen LogP contribution in [0.5, 0.6) is 5.75 Å². The number of ether oxygens (including phenoxy) is 1. The van der Waals surface area contributed by atoms with Gasteiger partial charge >= 0.3 is 0 Å². The normalized spacial score (nSPS) is 11.3. The Hall–Kier alpha value is -2.01. The minimum atomic E-state index is 0.753. The quantitative estimate of drug-likeness (QED) is 0.657. The van der Waals surface area contributed by atoms with Crippen LogP contribution in [0.4, 0.5) is 0 Å². The molecule has 4 nitrogen and oxygen atoms in total. The molecule has 0 amide bonds. The van der Waals surface area contributed by atoms with Gasteiger partial charge in [0.05, 0.1) is 7.11 Å². The van der Waals surface area contributed by atoms with E-state index in [4.69, 9.17) is 4.74 Å². The summed E-state index contributed by atoms with van der Waals surface area (Å²) < 4.78 is 5.40. The van der Waals surface area contributed by atoms with Crippen LogP contribution in [0.25, 0.3) is 0 Å². The van der Waals surface area contributed by atoms with E-state index in [0.29, 0.717) is 0 Å². The molecule has 118 valence electrons. The molecule has 1 aromatic carbocycles. The van der Waals surface area contributed by atoms with E-state index in [1.54, 1.807) is 18.4 Å². The molecule has 0 aliphatic heterocycles. The molecule has 2 aromatic rings. The van der Waals surface area contributed by atoms with Crippen molar-refractivity contribution in [2.45, 2.75) is 13.0 Å². The van der Waals surface area contributed by atoms with Gasteiger partial charge in [0.25, 0.3) is 0 Å². The maximum absolute atomic E-state index is 5.40. The van der Waals surface area contributed by atoms with Crippen LogP contribution in [0, 0.1) is 0 Å². The summed E-state index contributed by atoms with van der Waals surface area (Å²) >= 11 is 1.79. The average molecular weight is 317 g/mol. The Morgan fingerprint density at radius 3 is 2.77 bits per heavy atom. The lowest BCUT2D eigenvalue weighted by Crippen LogP contribution is -2.39. The van der Waals surface area contributed by atoms with Crippen molar-refractivity contribution >= 4 is 17.3 Å². The number of aliphatic imine (C=N–C) groups is 1. The standard InChI is InChI=1S/C17H23N3OS/c1-18-17(19-11-10-15-8-6-12-22-15)20(2)13-14-7-4-5-9-16(14)21-3/h4-9,12H,10-11,13H2,1-3H3,(H,18,19). The lowest BCUT2D eigenvalue weighted by atomic mass is 10.2. The first-order valence-electron chi connectivity index (χ1n) is 7.30. The fourth-order valence-corrected chi connectivity index (χ4v) is 3.01. The summed E-state index contributed by atoms with van der Waals surface area (Å²) in [6.45, 7) is 1.63. The van der Waals surface area contributed by atoms with Gasteiger partial charge in [-0.25, -0.2) is 0 Å². The van der Waals surface area contributed by atoms with Crippen molar-refractivity contribution in [3.8, 4) is 5.75 Å². The molecule has 5 heteroatoms. The van der Waals surface area contributed by atoms with E-state index in [9.17, 15) is 0 Å². The number of guanidine groups is 1. The summed E-state index contributed by atoms with van der Waals surface area (Å²) in [5.41, 5.74) is 1.15. The van der Waals surface area contributed by atoms with Gasteiger partial charge in [-0.05, 0) is 23.9 Å². The van der Waals surface area contributed by atoms with Crippen molar-refractivity contribution in [2.75, 3.05) is 27.7 Å². The third-order valence-corrected chi connectivity index (χ3v) is 4.34. The number of nitrogens with one attached hydrogen (secondary N) is 1. The summed E-state index contributed by atoms with van der Waals surface area (Å²) in [5.74, 6) is 1.80. The Morgan fingerprint density at radius 2 is 2.09 bits per heavy atom. The summed E-state index contributed by atoms with van der Waals surface area (Å²) in [5, 5.41) is 5.52. The third-order valence-electron chi connectivity index (χ3n) is 3.41. The van der Waals surface area contributed by atoms with Crippen LogP contribution in [0.2, 0.25) is 0 Å². The van der Waals surface area contributed by atoms with Crippen molar-refractivity contribution in [3.63, 3.8) is 0 Å². The first-order chi connectivity index (χ1) is 10.7. The van der Waals surface area contributed by atoms with Gasteiger partial charge in [0, 0.05) is 37.6 Å². The van der Waals surface area contributed by atoms with Gasteiger partial charge in [0.1, 0.15) is 5.75 Å². The molecule has 0 saturated carbocycles. The maximum atomic E-state index is 5.40. The molecule has 0 unspecified atom stereocenters. The second kappa shape index (κ2) is 8.44. The molecule has 0 bridgehead atoms.